The molecule has 0 bridgehead atoms. The lowest BCUT2D eigenvalue weighted by Gasteiger charge is -2.15. The van der Waals surface area contributed by atoms with Gasteiger partial charge in [0.1, 0.15) is 12.3 Å². The Morgan fingerprint density at radius 1 is 1.14 bits per heavy atom. The molecule has 0 saturated carbocycles. The normalized spacial score (nSPS) is 15.4. The van der Waals surface area contributed by atoms with Gasteiger partial charge in [-0.2, -0.15) is 0 Å². The van der Waals surface area contributed by atoms with Gasteiger partial charge in [0.2, 0.25) is 0 Å². The first kappa shape index (κ1) is 21.9. The highest BCUT2D eigenvalue weighted by Crippen LogP contribution is 2.38. The fourth-order valence-corrected chi connectivity index (χ4v) is 3.87. The Bertz CT molecular complexity index is 1030. The van der Waals surface area contributed by atoms with Gasteiger partial charge in [-0.1, -0.05) is 29.3 Å². The van der Waals surface area contributed by atoms with Gasteiger partial charge in [-0.25, -0.2) is 0 Å². The highest BCUT2D eigenvalue weighted by atomic mass is 79.9. The molecule has 2 aromatic rings. The summed E-state index contributed by atoms with van der Waals surface area (Å²) in [4.78, 5) is 15.5. The Kier molecular flexibility index (Phi) is 6.73. The number of thiocarbonyl (C=S) groups is 1. The molecular formula is C20H17BrCl2N2O3S. The first-order valence-electron chi connectivity index (χ1n) is 8.44. The van der Waals surface area contributed by atoms with Crippen LogP contribution < -0.4 is 9.47 Å². The largest absolute Gasteiger partial charge is 0.493 e. The van der Waals surface area contributed by atoms with E-state index in [1.54, 1.807) is 50.4 Å². The van der Waals surface area contributed by atoms with Crippen molar-refractivity contribution in [2.24, 2.45) is 0 Å². The zero-order valence-corrected chi connectivity index (χ0v) is 19.7. The van der Waals surface area contributed by atoms with Crippen LogP contribution in [0.15, 0.2) is 40.5 Å². The smallest absolute Gasteiger partial charge is 0.276 e. The van der Waals surface area contributed by atoms with Crippen molar-refractivity contribution in [3.63, 3.8) is 0 Å². The van der Waals surface area contributed by atoms with Gasteiger partial charge >= 0.3 is 0 Å². The Morgan fingerprint density at radius 3 is 2.45 bits per heavy atom. The lowest BCUT2D eigenvalue weighted by Crippen LogP contribution is -2.26. The van der Waals surface area contributed by atoms with Gasteiger partial charge in [-0.3, -0.25) is 9.69 Å². The fraction of sp³-hybridized carbons (Fsp3) is 0.200. The van der Waals surface area contributed by atoms with E-state index < -0.39 is 0 Å². The van der Waals surface area contributed by atoms with Crippen LogP contribution in [-0.4, -0.2) is 42.0 Å². The molecule has 1 saturated heterocycles. The van der Waals surface area contributed by atoms with E-state index in [4.69, 9.17) is 44.9 Å². The number of nitrogens with zero attached hydrogens (tertiary/aromatic N) is 2. The van der Waals surface area contributed by atoms with E-state index in [-0.39, 0.29) is 12.5 Å². The second kappa shape index (κ2) is 8.92. The molecule has 1 aliphatic heterocycles. The summed E-state index contributed by atoms with van der Waals surface area (Å²) in [5.41, 5.74) is 2.12. The summed E-state index contributed by atoms with van der Waals surface area (Å²) < 4.78 is 12.1. The molecule has 9 heteroatoms. The average Bonchev–Trinajstić information content (AvgIpc) is 2.87. The van der Waals surface area contributed by atoms with Gasteiger partial charge in [0, 0.05) is 14.1 Å². The summed E-state index contributed by atoms with van der Waals surface area (Å²) in [5.74, 6) is 0.905. The molecule has 0 aromatic heterocycles. The number of hydrogen-bond donors (Lipinski definition) is 0. The van der Waals surface area contributed by atoms with Crippen molar-refractivity contribution < 1.29 is 14.3 Å². The average molecular weight is 516 g/mol. The number of likely N-dealkylation sites (N-methyl/N-ethyl adjacent to an activating group) is 2. The van der Waals surface area contributed by atoms with Crippen molar-refractivity contribution >= 4 is 68.4 Å². The number of ether oxygens (including phenoxy) is 2. The van der Waals surface area contributed by atoms with E-state index in [0.717, 1.165) is 11.1 Å². The zero-order chi connectivity index (χ0) is 21.3. The van der Waals surface area contributed by atoms with Crippen molar-refractivity contribution in [1.29, 1.82) is 0 Å². The molecule has 1 aliphatic rings. The van der Waals surface area contributed by atoms with Crippen molar-refractivity contribution in [2.45, 2.75) is 6.61 Å². The van der Waals surface area contributed by atoms with Crippen LogP contribution >= 0.6 is 51.3 Å². The van der Waals surface area contributed by atoms with Crippen molar-refractivity contribution in [1.82, 2.24) is 9.80 Å². The predicted octanol–water partition coefficient (Wildman–Crippen LogP) is 5.37. The van der Waals surface area contributed by atoms with Gasteiger partial charge in [-0.15, -0.1) is 0 Å². The summed E-state index contributed by atoms with van der Waals surface area (Å²) in [7, 11) is 4.97. The molecule has 29 heavy (non-hydrogen) atoms. The molecule has 0 N–H and O–H groups in total. The number of carbonyl (C=O) groups is 1. The van der Waals surface area contributed by atoms with Crippen LogP contribution in [0.25, 0.3) is 6.08 Å². The van der Waals surface area contributed by atoms with E-state index in [0.29, 0.717) is 36.8 Å². The molecule has 152 valence electrons. The minimum Gasteiger partial charge on any atom is -0.493 e. The van der Waals surface area contributed by atoms with Crippen molar-refractivity contribution in [3.8, 4) is 11.5 Å². The van der Waals surface area contributed by atoms with Crippen LogP contribution in [0.4, 0.5) is 0 Å². The van der Waals surface area contributed by atoms with Crippen LogP contribution in [0.2, 0.25) is 10.0 Å². The van der Waals surface area contributed by atoms with E-state index >= 15 is 0 Å². The maximum absolute atomic E-state index is 12.4. The molecule has 2 aromatic carbocycles. The summed E-state index contributed by atoms with van der Waals surface area (Å²) in [6, 6.07) is 8.96. The molecule has 1 fully saturated rings. The fourth-order valence-electron chi connectivity index (χ4n) is 2.79. The number of benzene rings is 2. The molecule has 0 unspecified atom stereocenters. The monoisotopic (exact) mass is 514 g/mol. The maximum atomic E-state index is 12.4. The first-order valence-corrected chi connectivity index (χ1v) is 10.4. The lowest BCUT2D eigenvalue weighted by atomic mass is 10.1. The second-order valence-electron chi connectivity index (χ2n) is 6.31. The van der Waals surface area contributed by atoms with Gasteiger partial charge in [0.25, 0.3) is 5.91 Å². The van der Waals surface area contributed by atoms with Crippen molar-refractivity contribution in [3.05, 3.63) is 61.7 Å². The lowest BCUT2D eigenvalue weighted by molar-refractivity contribution is -0.121. The summed E-state index contributed by atoms with van der Waals surface area (Å²) in [5, 5.41) is 1.41. The number of carbonyl (C=O) groups excluding carboxylic acids is 1. The van der Waals surface area contributed by atoms with Gasteiger partial charge in [0.05, 0.1) is 21.6 Å². The maximum Gasteiger partial charge on any atom is 0.276 e. The minimum atomic E-state index is -0.160. The van der Waals surface area contributed by atoms with Gasteiger partial charge < -0.3 is 14.4 Å². The van der Waals surface area contributed by atoms with Crippen LogP contribution in [0, 0.1) is 0 Å². The molecule has 0 atom stereocenters. The molecule has 5 nitrogen and oxygen atoms in total. The standard InChI is InChI=1S/C20H17BrCl2N2O3S/c1-24-16(19(26)25(2)20(24)29)8-12-6-13(21)18(17(9-12)27-3)28-10-11-4-5-14(22)15(23)7-11/h4-9H,10H2,1-3H3/b16-8-. The molecule has 1 amide bonds. The topological polar surface area (TPSA) is 42.0 Å². The third-order valence-corrected chi connectivity index (χ3v) is 6.26. The highest BCUT2D eigenvalue weighted by molar-refractivity contribution is 9.10. The number of rotatable bonds is 5. The zero-order valence-electron chi connectivity index (χ0n) is 15.8. The molecule has 3 rings (SSSR count). The number of methoxy groups -OCH3 is 1. The van der Waals surface area contributed by atoms with Gasteiger partial charge in [0.15, 0.2) is 16.6 Å². The molecule has 1 heterocycles. The second-order valence-corrected chi connectivity index (χ2v) is 8.34. The van der Waals surface area contributed by atoms with E-state index in [1.165, 1.54) is 4.90 Å². The van der Waals surface area contributed by atoms with Crippen LogP contribution in [0.3, 0.4) is 0 Å². The predicted molar refractivity (Wildman–Crippen MR) is 123 cm³/mol. The van der Waals surface area contributed by atoms with Crippen LogP contribution in [0.5, 0.6) is 11.5 Å². The molecule has 0 spiro atoms. The number of amides is 1. The van der Waals surface area contributed by atoms with Crippen molar-refractivity contribution in [2.75, 3.05) is 21.2 Å². The minimum absolute atomic E-state index is 0.160. The Labute approximate surface area is 192 Å². The molecule has 0 aliphatic carbocycles. The third kappa shape index (κ3) is 4.53. The number of hydrogen-bond acceptors (Lipinski definition) is 4. The Morgan fingerprint density at radius 2 is 1.86 bits per heavy atom. The first-order chi connectivity index (χ1) is 13.7. The van der Waals surface area contributed by atoms with Gasteiger partial charge in [-0.05, 0) is 69.6 Å². The summed E-state index contributed by atoms with van der Waals surface area (Å²) in [6.07, 6.45) is 1.76. The summed E-state index contributed by atoms with van der Waals surface area (Å²) >= 11 is 20.8. The number of halogens is 3. The summed E-state index contributed by atoms with van der Waals surface area (Å²) in [6.45, 7) is 0.284. The molecule has 0 radical (unpaired) electrons. The van der Waals surface area contributed by atoms with Crippen LogP contribution in [-0.2, 0) is 11.4 Å². The van der Waals surface area contributed by atoms with E-state index in [1.807, 2.05) is 12.1 Å². The van der Waals surface area contributed by atoms with E-state index in [9.17, 15) is 4.79 Å². The quantitative estimate of drug-likeness (QED) is 0.395. The molecular weight excluding hydrogens is 499 g/mol. The van der Waals surface area contributed by atoms with E-state index in [2.05, 4.69) is 15.9 Å². The SMILES string of the molecule is COc1cc(/C=C2/C(=O)N(C)C(=S)N2C)cc(Br)c1OCc1ccc(Cl)c(Cl)c1. The highest BCUT2D eigenvalue weighted by Gasteiger charge is 2.32. The van der Waals surface area contributed by atoms with Crippen LogP contribution in [0.1, 0.15) is 11.1 Å². The Hall–Kier alpha value is -1.80. The Balaban J connectivity index is 1.88. The third-order valence-electron chi connectivity index (χ3n) is 4.38.